The van der Waals surface area contributed by atoms with Crippen molar-refractivity contribution in [1.82, 2.24) is 9.97 Å². The van der Waals surface area contributed by atoms with E-state index in [1.54, 1.807) is 0 Å². The first-order chi connectivity index (χ1) is 9.26. The summed E-state index contributed by atoms with van der Waals surface area (Å²) in [5, 5.41) is 3.12. The van der Waals surface area contributed by atoms with Crippen LogP contribution in [0.5, 0.6) is 0 Å². The Bertz CT molecular complexity index is 592. The largest absolute Gasteiger partial charge is 0.373 e. The zero-order chi connectivity index (χ0) is 13.2. The van der Waals surface area contributed by atoms with Gasteiger partial charge in [-0.05, 0) is 37.3 Å². The molecule has 1 atom stereocenters. The van der Waals surface area contributed by atoms with Crippen LogP contribution in [0.15, 0.2) is 30.3 Å². The van der Waals surface area contributed by atoms with Gasteiger partial charge in [0.1, 0.15) is 11.6 Å². The van der Waals surface area contributed by atoms with Gasteiger partial charge < -0.3 is 5.32 Å². The summed E-state index contributed by atoms with van der Waals surface area (Å²) in [5.74, 6) is 2.35. The Morgan fingerprint density at radius 2 is 1.95 bits per heavy atom. The van der Waals surface area contributed by atoms with Crippen LogP contribution in [-0.4, -0.2) is 17.0 Å². The van der Waals surface area contributed by atoms with Crippen LogP contribution in [0.3, 0.4) is 0 Å². The molecule has 2 aromatic rings. The third-order valence-electron chi connectivity index (χ3n) is 3.84. The summed E-state index contributed by atoms with van der Waals surface area (Å²) in [5.41, 5.74) is 3.98. The maximum absolute atomic E-state index is 4.63. The molecule has 19 heavy (non-hydrogen) atoms. The highest BCUT2D eigenvalue weighted by Crippen LogP contribution is 2.31. The molecule has 0 aliphatic heterocycles. The van der Waals surface area contributed by atoms with Crippen LogP contribution >= 0.6 is 0 Å². The van der Waals surface area contributed by atoms with E-state index in [0.717, 1.165) is 36.6 Å². The van der Waals surface area contributed by atoms with Crippen LogP contribution in [0, 0.1) is 6.92 Å². The van der Waals surface area contributed by atoms with Crippen LogP contribution in [0.25, 0.3) is 0 Å². The number of nitrogens with one attached hydrogen (secondary N) is 1. The zero-order valence-electron chi connectivity index (χ0n) is 11.5. The molecule has 3 nitrogen and oxygen atoms in total. The van der Waals surface area contributed by atoms with Crippen molar-refractivity contribution in [2.75, 3.05) is 12.4 Å². The van der Waals surface area contributed by atoms with E-state index in [4.69, 9.17) is 0 Å². The zero-order valence-corrected chi connectivity index (χ0v) is 11.5. The standard InChI is InChI=1S/C16H19N3/c1-11-9-15(17-2)19-16(18-11)14-8-7-12-5-3-4-6-13(12)10-14/h3-6,9,14H,7-8,10H2,1-2H3,(H,17,18,19). The third kappa shape index (κ3) is 2.46. The molecule has 3 rings (SSSR count). The Morgan fingerprint density at radius 3 is 2.74 bits per heavy atom. The van der Waals surface area contributed by atoms with Gasteiger partial charge in [-0.1, -0.05) is 24.3 Å². The molecule has 1 unspecified atom stereocenters. The first-order valence-electron chi connectivity index (χ1n) is 6.86. The summed E-state index contributed by atoms with van der Waals surface area (Å²) in [6.07, 6.45) is 3.33. The predicted molar refractivity (Wildman–Crippen MR) is 77.5 cm³/mol. The monoisotopic (exact) mass is 253 g/mol. The molecule has 0 spiro atoms. The molecule has 1 N–H and O–H groups in total. The maximum atomic E-state index is 4.63. The second-order valence-corrected chi connectivity index (χ2v) is 5.21. The first-order valence-corrected chi connectivity index (χ1v) is 6.86. The number of aryl methyl sites for hydroxylation is 2. The SMILES string of the molecule is CNc1cc(C)nc(C2CCc3ccccc3C2)n1. The summed E-state index contributed by atoms with van der Waals surface area (Å²) >= 11 is 0. The molecular formula is C16H19N3. The lowest BCUT2D eigenvalue weighted by atomic mass is 9.83. The molecule has 1 aromatic carbocycles. The molecule has 0 bridgehead atoms. The maximum Gasteiger partial charge on any atom is 0.134 e. The normalized spacial score (nSPS) is 17.9. The molecule has 3 heteroatoms. The second-order valence-electron chi connectivity index (χ2n) is 5.21. The summed E-state index contributed by atoms with van der Waals surface area (Å²) in [6, 6.07) is 10.7. The van der Waals surface area contributed by atoms with Gasteiger partial charge in [0.15, 0.2) is 0 Å². The summed E-state index contributed by atoms with van der Waals surface area (Å²) < 4.78 is 0. The van der Waals surface area contributed by atoms with E-state index in [1.807, 2.05) is 20.0 Å². The van der Waals surface area contributed by atoms with Crippen molar-refractivity contribution in [3.63, 3.8) is 0 Å². The summed E-state index contributed by atoms with van der Waals surface area (Å²) in [6.45, 7) is 2.03. The van der Waals surface area contributed by atoms with Crippen molar-refractivity contribution in [3.8, 4) is 0 Å². The molecule has 1 aliphatic rings. The Morgan fingerprint density at radius 1 is 1.16 bits per heavy atom. The van der Waals surface area contributed by atoms with Gasteiger partial charge in [-0.15, -0.1) is 0 Å². The van der Waals surface area contributed by atoms with E-state index in [2.05, 4.69) is 39.6 Å². The van der Waals surface area contributed by atoms with Crippen molar-refractivity contribution in [2.45, 2.75) is 32.1 Å². The molecule has 0 amide bonds. The number of benzene rings is 1. The molecule has 98 valence electrons. The van der Waals surface area contributed by atoms with Crippen LogP contribution < -0.4 is 5.32 Å². The Kier molecular flexibility index (Phi) is 3.20. The highest BCUT2D eigenvalue weighted by atomic mass is 15.0. The first kappa shape index (κ1) is 12.2. The lowest BCUT2D eigenvalue weighted by Gasteiger charge is -2.23. The van der Waals surface area contributed by atoms with Gasteiger partial charge in [-0.2, -0.15) is 0 Å². The van der Waals surface area contributed by atoms with Crippen LogP contribution in [-0.2, 0) is 12.8 Å². The number of hydrogen-bond acceptors (Lipinski definition) is 3. The molecule has 0 fully saturated rings. The second kappa shape index (κ2) is 5.00. The number of hydrogen-bond donors (Lipinski definition) is 1. The van der Waals surface area contributed by atoms with Crippen molar-refractivity contribution in [2.24, 2.45) is 0 Å². The molecule has 0 radical (unpaired) electrons. The Labute approximate surface area is 114 Å². The van der Waals surface area contributed by atoms with Crippen molar-refractivity contribution < 1.29 is 0 Å². The van der Waals surface area contributed by atoms with Crippen molar-refractivity contribution >= 4 is 5.82 Å². The highest BCUT2D eigenvalue weighted by Gasteiger charge is 2.22. The lowest BCUT2D eigenvalue weighted by molar-refractivity contribution is 0.554. The minimum atomic E-state index is 0.446. The van der Waals surface area contributed by atoms with E-state index in [0.29, 0.717) is 5.92 Å². The molecule has 0 saturated carbocycles. The topological polar surface area (TPSA) is 37.8 Å². The van der Waals surface area contributed by atoms with Gasteiger partial charge in [0, 0.05) is 24.7 Å². The fourth-order valence-corrected chi connectivity index (χ4v) is 2.82. The number of fused-ring (bicyclic) bond motifs is 1. The van der Waals surface area contributed by atoms with Gasteiger partial charge in [0.25, 0.3) is 0 Å². The molecular weight excluding hydrogens is 234 g/mol. The average Bonchev–Trinajstić information content (AvgIpc) is 2.46. The van der Waals surface area contributed by atoms with Crippen LogP contribution in [0.4, 0.5) is 5.82 Å². The Balaban J connectivity index is 1.90. The van der Waals surface area contributed by atoms with E-state index in [-0.39, 0.29) is 0 Å². The fourth-order valence-electron chi connectivity index (χ4n) is 2.82. The van der Waals surface area contributed by atoms with E-state index in [1.165, 1.54) is 11.1 Å². The molecule has 1 aliphatic carbocycles. The molecule has 0 saturated heterocycles. The third-order valence-corrected chi connectivity index (χ3v) is 3.84. The van der Waals surface area contributed by atoms with Crippen molar-refractivity contribution in [3.05, 3.63) is 53.0 Å². The van der Waals surface area contributed by atoms with Crippen molar-refractivity contribution in [1.29, 1.82) is 0 Å². The van der Waals surface area contributed by atoms with E-state index >= 15 is 0 Å². The number of anilines is 1. The molecule has 1 heterocycles. The number of nitrogens with zero attached hydrogens (tertiary/aromatic N) is 2. The number of rotatable bonds is 2. The van der Waals surface area contributed by atoms with Gasteiger partial charge in [-0.25, -0.2) is 9.97 Å². The van der Waals surface area contributed by atoms with Crippen LogP contribution in [0.1, 0.15) is 35.0 Å². The number of aromatic nitrogens is 2. The highest BCUT2D eigenvalue weighted by molar-refractivity contribution is 5.37. The lowest BCUT2D eigenvalue weighted by Crippen LogP contribution is -2.16. The van der Waals surface area contributed by atoms with Crippen LogP contribution in [0.2, 0.25) is 0 Å². The minimum absolute atomic E-state index is 0.446. The predicted octanol–water partition coefficient (Wildman–Crippen LogP) is 3.10. The quantitative estimate of drug-likeness (QED) is 0.893. The van der Waals surface area contributed by atoms with Gasteiger partial charge >= 0.3 is 0 Å². The Hall–Kier alpha value is -1.90. The summed E-state index contributed by atoms with van der Waals surface area (Å²) in [4.78, 5) is 9.25. The molecule has 1 aromatic heterocycles. The summed E-state index contributed by atoms with van der Waals surface area (Å²) in [7, 11) is 1.90. The van der Waals surface area contributed by atoms with Gasteiger partial charge in [-0.3, -0.25) is 0 Å². The van der Waals surface area contributed by atoms with E-state index < -0.39 is 0 Å². The fraction of sp³-hybridized carbons (Fsp3) is 0.375. The average molecular weight is 253 g/mol. The van der Waals surface area contributed by atoms with E-state index in [9.17, 15) is 0 Å². The van der Waals surface area contributed by atoms with Gasteiger partial charge in [0.05, 0.1) is 0 Å². The smallest absolute Gasteiger partial charge is 0.134 e. The van der Waals surface area contributed by atoms with Gasteiger partial charge in [0.2, 0.25) is 0 Å². The minimum Gasteiger partial charge on any atom is -0.373 e.